The fourth-order valence-electron chi connectivity index (χ4n) is 3.35. The van der Waals surface area contributed by atoms with E-state index in [0.29, 0.717) is 13.0 Å². The normalized spacial score (nSPS) is 24.1. The fourth-order valence-corrected chi connectivity index (χ4v) is 3.61. The van der Waals surface area contributed by atoms with Gasteiger partial charge in [0.25, 0.3) is 0 Å². The van der Waals surface area contributed by atoms with E-state index in [4.69, 9.17) is 4.74 Å². The highest BCUT2D eigenvalue weighted by molar-refractivity contribution is 9.10. The Morgan fingerprint density at radius 1 is 1.39 bits per heavy atom. The summed E-state index contributed by atoms with van der Waals surface area (Å²) in [4.78, 5) is 14.4. The molecule has 2 atom stereocenters. The van der Waals surface area contributed by atoms with Gasteiger partial charge >= 0.3 is 6.09 Å². The van der Waals surface area contributed by atoms with E-state index >= 15 is 0 Å². The Labute approximate surface area is 147 Å². The summed E-state index contributed by atoms with van der Waals surface area (Å²) >= 11 is 3.43. The number of cyclic esters (lactones) is 1. The van der Waals surface area contributed by atoms with Gasteiger partial charge in [-0.2, -0.15) is 0 Å². The molecule has 0 aliphatic carbocycles. The predicted molar refractivity (Wildman–Crippen MR) is 94.3 cm³/mol. The third-order valence-electron chi connectivity index (χ3n) is 4.30. The van der Waals surface area contributed by atoms with Gasteiger partial charge in [-0.05, 0) is 58.2 Å². The summed E-state index contributed by atoms with van der Waals surface area (Å²) in [5.74, 6) is 0. The zero-order valence-corrected chi connectivity index (χ0v) is 15.9. The van der Waals surface area contributed by atoms with Gasteiger partial charge in [-0.15, -0.1) is 0 Å². The van der Waals surface area contributed by atoms with E-state index in [9.17, 15) is 9.90 Å². The van der Waals surface area contributed by atoms with Crippen molar-refractivity contribution in [1.29, 1.82) is 0 Å². The average molecular weight is 384 g/mol. The lowest BCUT2D eigenvalue weighted by Gasteiger charge is -2.34. The average Bonchev–Trinajstić information content (AvgIpc) is 2.54. The molecular weight excluding hydrogens is 358 g/mol. The molecule has 0 saturated carbocycles. The Balaban J connectivity index is 2.13. The van der Waals surface area contributed by atoms with Gasteiger partial charge in [-0.3, -0.25) is 0 Å². The monoisotopic (exact) mass is 383 g/mol. The van der Waals surface area contributed by atoms with Crippen molar-refractivity contribution in [1.82, 2.24) is 4.90 Å². The summed E-state index contributed by atoms with van der Waals surface area (Å²) in [6.45, 7) is 8.09. The van der Waals surface area contributed by atoms with Crippen LogP contribution in [0.1, 0.15) is 58.6 Å². The van der Waals surface area contributed by atoms with E-state index in [1.54, 1.807) is 18.7 Å². The minimum Gasteiger partial charge on any atom is -0.443 e. The van der Waals surface area contributed by atoms with Gasteiger partial charge in [0.05, 0.1) is 11.6 Å². The number of hydrogen-bond acceptors (Lipinski definition) is 3. The first kappa shape index (κ1) is 18.3. The summed E-state index contributed by atoms with van der Waals surface area (Å²) in [6, 6.07) is 7.95. The van der Waals surface area contributed by atoms with Crippen LogP contribution < -0.4 is 0 Å². The van der Waals surface area contributed by atoms with Crippen molar-refractivity contribution in [3.8, 4) is 0 Å². The van der Waals surface area contributed by atoms with Crippen LogP contribution >= 0.6 is 15.9 Å². The number of ether oxygens (including phenoxy) is 1. The number of nitrogens with zero attached hydrogens (tertiary/aromatic N) is 1. The van der Waals surface area contributed by atoms with E-state index in [-0.39, 0.29) is 12.1 Å². The smallest absolute Gasteiger partial charge is 0.410 e. The summed E-state index contributed by atoms with van der Waals surface area (Å²) < 4.78 is 6.79. The van der Waals surface area contributed by atoms with Crippen molar-refractivity contribution in [2.75, 3.05) is 6.54 Å². The largest absolute Gasteiger partial charge is 0.443 e. The number of rotatable bonds is 4. The van der Waals surface area contributed by atoms with Gasteiger partial charge in [0.15, 0.2) is 0 Å². The molecule has 0 aromatic heterocycles. The number of halogens is 1. The molecule has 1 aromatic rings. The number of carbonyl (C=O) groups excluding carboxylic acids is 1. The Kier molecular flexibility index (Phi) is 5.41. The van der Waals surface area contributed by atoms with Crippen molar-refractivity contribution in [3.63, 3.8) is 0 Å². The van der Waals surface area contributed by atoms with Gasteiger partial charge in [0, 0.05) is 17.4 Å². The molecule has 1 saturated heterocycles. The number of aliphatic hydroxyl groups is 1. The summed E-state index contributed by atoms with van der Waals surface area (Å²) in [7, 11) is 0. The van der Waals surface area contributed by atoms with Crippen LogP contribution in [0.5, 0.6) is 0 Å². The van der Waals surface area contributed by atoms with Crippen LogP contribution in [0.2, 0.25) is 0 Å². The maximum absolute atomic E-state index is 12.6. The maximum Gasteiger partial charge on any atom is 0.410 e. The highest BCUT2D eigenvalue weighted by atomic mass is 79.9. The quantitative estimate of drug-likeness (QED) is 0.821. The Bertz CT molecular complexity index is 552. The first-order chi connectivity index (χ1) is 10.6. The topological polar surface area (TPSA) is 49.8 Å². The van der Waals surface area contributed by atoms with Gasteiger partial charge in [0.2, 0.25) is 0 Å². The number of carbonyl (C=O) groups is 1. The fraction of sp³-hybridized carbons (Fsp3) is 0.611. The molecule has 0 radical (unpaired) electrons. The number of hydrogen-bond donors (Lipinski definition) is 1. The lowest BCUT2D eigenvalue weighted by Crippen LogP contribution is -2.41. The molecule has 2 rings (SSSR count). The van der Waals surface area contributed by atoms with Crippen LogP contribution in [-0.2, 0) is 4.74 Å². The molecule has 0 unspecified atom stereocenters. The second kappa shape index (κ2) is 6.81. The second-order valence-corrected chi connectivity index (χ2v) is 8.25. The zero-order chi connectivity index (χ0) is 17.3. The van der Waals surface area contributed by atoms with E-state index in [1.807, 2.05) is 38.1 Å². The van der Waals surface area contributed by atoms with Crippen LogP contribution in [0, 0.1) is 0 Å². The second-order valence-electron chi connectivity index (χ2n) is 7.33. The van der Waals surface area contributed by atoms with E-state index in [1.165, 1.54) is 0 Å². The molecule has 1 aliphatic heterocycles. The summed E-state index contributed by atoms with van der Waals surface area (Å²) in [5.41, 5.74) is -0.401. The van der Waals surface area contributed by atoms with Gasteiger partial charge in [-0.25, -0.2) is 4.79 Å². The molecule has 23 heavy (non-hydrogen) atoms. The maximum atomic E-state index is 12.6. The SMILES string of the molecule is C[C@@H](c1ccc(Br)cc1)N1CCC[C@@](C)(CC(C)(C)O)OC1=O. The van der Waals surface area contributed by atoms with Crippen LogP contribution in [0.25, 0.3) is 0 Å². The van der Waals surface area contributed by atoms with Crippen molar-refractivity contribution in [2.45, 2.75) is 64.2 Å². The highest BCUT2D eigenvalue weighted by Gasteiger charge is 2.39. The predicted octanol–water partition coefficient (Wildman–Crippen LogP) is 4.66. The van der Waals surface area contributed by atoms with E-state index < -0.39 is 11.2 Å². The molecule has 1 aliphatic rings. The van der Waals surface area contributed by atoms with Crippen LogP contribution in [0.3, 0.4) is 0 Å². The third kappa shape index (κ3) is 4.95. The first-order valence-electron chi connectivity index (χ1n) is 8.07. The van der Waals surface area contributed by atoms with Gasteiger partial charge in [-0.1, -0.05) is 28.1 Å². The Hall–Kier alpha value is -1.07. The first-order valence-corrected chi connectivity index (χ1v) is 8.86. The highest BCUT2D eigenvalue weighted by Crippen LogP contribution is 2.34. The molecule has 1 heterocycles. The number of amides is 1. The van der Waals surface area contributed by atoms with Crippen molar-refractivity contribution >= 4 is 22.0 Å². The molecular formula is C18H26BrNO3. The summed E-state index contributed by atoms with van der Waals surface area (Å²) in [6.07, 6.45) is 1.75. The minimum absolute atomic E-state index is 0.0416. The zero-order valence-electron chi connectivity index (χ0n) is 14.3. The Morgan fingerprint density at radius 2 is 2.00 bits per heavy atom. The molecule has 1 amide bonds. The number of benzene rings is 1. The van der Waals surface area contributed by atoms with Crippen LogP contribution in [0.4, 0.5) is 4.79 Å². The van der Waals surface area contributed by atoms with Crippen LogP contribution in [-0.4, -0.2) is 33.8 Å². The van der Waals surface area contributed by atoms with E-state index in [2.05, 4.69) is 15.9 Å². The molecule has 1 fully saturated rings. The minimum atomic E-state index is -0.860. The molecule has 4 nitrogen and oxygen atoms in total. The molecule has 5 heteroatoms. The third-order valence-corrected chi connectivity index (χ3v) is 4.83. The molecule has 128 valence electrons. The van der Waals surface area contributed by atoms with E-state index in [0.717, 1.165) is 22.9 Å². The molecule has 0 bridgehead atoms. The summed E-state index contributed by atoms with van der Waals surface area (Å²) in [5, 5.41) is 10.1. The van der Waals surface area contributed by atoms with Gasteiger partial charge < -0.3 is 14.7 Å². The van der Waals surface area contributed by atoms with Crippen molar-refractivity contribution in [3.05, 3.63) is 34.3 Å². The molecule has 1 aromatic carbocycles. The molecule has 1 N–H and O–H groups in total. The van der Waals surface area contributed by atoms with Crippen molar-refractivity contribution in [2.24, 2.45) is 0 Å². The van der Waals surface area contributed by atoms with Crippen LogP contribution in [0.15, 0.2) is 28.7 Å². The Morgan fingerprint density at radius 3 is 2.57 bits per heavy atom. The lowest BCUT2D eigenvalue weighted by atomic mass is 9.87. The van der Waals surface area contributed by atoms with Gasteiger partial charge in [0.1, 0.15) is 5.60 Å². The lowest BCUT2D eigenvalue weighted by molar-refractivity contribution is -0.0514. The van der Waals surface area contributed by atoms with Crippen molar-refractivity contribution < 1.29 is 14.6 Å². The standard InChI is InChI=1S/C18H26BrNO3/c1-13(14-6-8-15(19)9-7-14)20-11-5-10-18(4,23-16(20)21)12-17(2,3)22/h6-9,13,22H,5,10-12H2,1-4H3/t13-,18-/m0/s1. The molecule has 0 spiro atoms.